The monoisotopic (exact) mass is 492 g/mol. The normalized spacial score (nSPS) is 18.2. The van der Waals surface area contributed by atoms with E-state index in [-0.39, 0.29) is 24.1 Å². The van der Waals surface area contributed by atoms with Gasteiger partial charge < -0.3 is 10.6 Å². The molecule has 0 saturated heterocycles. The first-order valence-corrected chi connectivity index (χ1v) is 14.9. The fourth-order valence-corrected chi connectivity index (χ4v) is 5.00. The van der Waals surface area contributed by atoms with Crippen LogP contribution in [0.4, 0.5) is 0 Å². The minimum atomic E-state index is -0.437. The number of amides is 2. The minimum Gasteiger partial charge on any atom is -0.347 e. The molecule has 0 aromatic heterocycles. The second-order valence-electron chi connectivity index (χ2n) is 11.5. The van der Waals surface area contributed by atoms with E-state index >= 15 is 0 Å². The Morgan fingerprint density at radius 3 is 1.77 bits per heavy atom. The number of carbonyl (C=O) groups is 3. The lowest BCUT2D eigenvalue weighted by molar-refractivity contribution is -0.130. The summed E-state index contributed by atoms with van der Waals surface area (Å²) in [7, 11) is 0. The van der Waals surface area contributed by atoms with E-state index in [0.29, 0.717) is 37.0 Å². The van der Waals surface area contributed by atoms with E-state index in [1.54, 1.807) is 0 Å². The van der Waals surface area contributed by atoms with Crippen LogP contribution >= 0.6 is 0 Å². The van der Waals surface area contributed by atoms with Crippen LogP contribution in [0.5, 0.6) is 0 Å². The van der Waals surface area contributed by atoms with E-state index in [4.69, 9.17) is 0 Å². The minimum absolute atomic E-state index is 0.0427. The molecule has 5 heteroatoms. The number of rotatable bonds is 22. The van der Waals surface area contributed by atoms with Crippen LogP contribution in [0.1, 0.15) is 143 Å². The van der Waals surface area contributed by atoms with Crippen LogP contribution in [0.2, 0.25) is 0 Å². The van der Waals surface area contributed by atoms with Crippen molar-refractivity contribution in [2.24, 2.45) is 17.8 Å². The molecule has 0 aliphatic heterocycles. The fourth-order valence-electron chi connectivity index (χ4n) is 5.00. The molecule has 204 valence electrons. The molecule has 1 saturated carbocycles. The van der Waals surface area contributed by atoms with Crippen molar-refractivity contribution in [3.05, 3.63) is 0 Å². The van der Waals surface area contributed by atoms with Crippen LogP contribution in [0, 0.1) is 17.8 Å². The fraction of sp³-hybridized carbons (Fsp3) is 0.900. The van der Waals surface area contributed by atoms with E-state index in [1.807, 2.05) is 0 Å². The largest absolute Gasteiger partial charge is 0.347 e. The molecule has 0 bridgehead atoms. The smallest absolute Gasteiger partial charge is 0.239 e. The topological polar surface area (TPSA) is 75.3 Å². The van der Waals surface area contributed by atoms with Gasteiger partial charge in [-0.2, -0.15) is 0 Å². The summed E-state index contributed by atoms with van der Waals surface area (Å²) in [4.78, 5) is 37.3. The van der Waals surface area contributed by atoms with Crippen molar-refractivity contribution < 1.29 is 14.4 Å². The Morgan fingerprint density at radius 1 is 0.771 bits per heavy atom. The Bertz CT molecular complexity index is 590. The third-order valence-electron chi connectivity index (χ3n) is 7.65. The summed E-state index contributed by atoms with van der Waals surface area (Å²) in [6, 6.07) is -0.437. The number of Topliss-reactive ketones (excluding diaryl/α,β-unsaturated/α-hetero) is 1. The van der Waals surface area contributed by atoms with Gasteiger partial charge in [-0.3, -0.25) is 14.4 Å². The Morgan fingerprint density at radius 2 is 1.31 bits per heavy atom. The Labute approximate surface area is 216 Å². The summed E-state index contributed by atoms with van der Waals surface area (Å²) in [5.41, 5.74) is 0. The molecule has 0 heterocycles. The molecule has 0 radical (unpaired) electrons. The van der Waals surface area contributed by atoms with Gasteiger partial charge in [0, 0.05) is 12.8 Å². The lowest BCUT2D eigenvalue weighted by Gasteiger charge is -2.34. The van der Waals surface area contributed by atoms with Crippen LogP contribution in [-0.2, 0) is 14.4 Å². The maximum atomic E-state index is 12.7. The molecule has 1 aliphatic carbocycles. The summed E-state index contributed by atoms with van der Waals surface area (Å²) < 4.78 is 0. The molecule has 1 aliphatic rings. The first-order chi connectivity index (χ1) is 16.8. The molecule has 1 fully saturated rings. The molecule has 0 aromatic carbocycles. The van der Waals surface area contributed by atoms with Gasteiger partial charge in [-0.05, 0) is 37.0 Å². The molecule has 3 atom stereocenters. The Hall–Kier alpha value is -1.39. The zero-order chi connectivity index (χ0) is 25.9. The van der Waals surface area contributed by atoms with Crippen molar-refractivity contribution >= 4 is 17.6 Å². The molecule has 2 amide bonds. The molecule has 2 N–H and O–H groups in total. The van der Waals surface area contributed by atoms with Crippen LogP contribution in [0.3, 0.4) is 0 Å². The highest BCUT2D eigenvalue weighted by Crippen LogP contribution is 2.36. The number of hydrogen-bond donors (Lipinski definition) is 2. The first-order valence-electron chi connectivity index (χ1n) is 14.9. The molecule has 0 aromatic rings. The van der Waals surface area contributed by atoms with E-state index in [9.17, 15) is 14.4 Å². The van der Waals surface area contributed by atoms with Crippen LogP contribution in [-0.4, -0.2) is 30.2 Å². The van der Waals surface area contributed by atoms with Gasteiger partial charge in [-0.25, -0.2) is 0 Å². The summed E-state index contributed by atoms with van der Waals surface area (Å²) in [5.74, 6) is 1.21. The molecule has 5 nitrogen and oxygen atoms in total. The standard InChI is InChI=1S/C30H56N2O3/c1-5-6-7-8-9-10-11-12-13-14-15-16-17-18-29(34)31-23-30(35)32-27(21-24(2)3)28(33)22-26-20-19-25(26)4/h24-27H,5-23H2,1-4H3,(H,31,34)(H,32,35)/t25?,26?,27-/m0/s1. The van der Waals surface area contributed by atoms with Crippen molar-refractivity contribution in [3.63, 3.8) is 0 Å². The molecular formula is C30H56N2O3. The number of carbonyl (C=O) groups excluding carboxylic acids is 3. The Balaban J connectivity index is 2.06. The third kappa shape index (κ3) is 16.1. The van der Waals surface area contributed by atoms with Crippen LogP contribution in [0.25, 0.3) is 0 Å². The second kappa shape index (κ2) is 19.8. The second-order valence-corrected chi connectivity index (χ2v) is 11.5. The lowest BCUT2D eigenvalue weighted by atomic mass is 9.71. The molecular weight excluding hydrogens is 436 g/mol. The van der Waals surface area contributed by atoms with Gasteiger partial charge in [0.2, 0.25) is 11.8 Å². The quantitative estimate of drug-likeness (QED) is 0.158. The number of hydrogen-bond acceptors (Lipinski definition) is 3. The Kier molecular flexibility index (Phi) is 17.9. The van der Waals surface area contributed by atoms with Crippen molar-refractivity contribution in [2.75, 3.05) is 6.54 Å². The van der Waals surface area contributed by atoms with Crippen LogP contribution in [0.15, 0.2) is 0 Å². The van der Waals surface area contributed by atoms with Crippen molar-refractivity contribution in [1.82, 2.24) is 10.6 Å². The predicted molar refractivity (Wildman–Crippen MR) is 146 cm³/mol. The van der Waals surface area contributed by atoms with Crippen molar-refractivity contribution in [3.8, 4) is 0 Å². The van der Waals surface area contributed by atoms with Gasteiger partial charge in [-0.15, -0.1) is 0 Å². The number of ketones is 1. The lowest BCUT2D eigenvalue weighted by Crippen LogP contribution is -2.47. The highest BCUT2D eigenvalue weighted by Gasteiger charge is 2.31. The maximum absolute atomic E-state index is 12.7. The number of unbranched alkanes of at least 4 members (excludes halogenated alkanes) is 12. The zero-order valence-electron chi connectivity index (χ0n) is 23.5. The summed E-state index contributed by atoms with van der Waals surface area (Å²) in [6.07, 6.45) is 20.6. The molecule has 0 spiro atoms. The van der Waals surface area contributed by atoms with Gasteiger partial charge in [0.15, 0.2) is 5.78 Å². The maximum Gasteiger partial charge on any atom is 0.239 e. The first kappa shape index (κ1) is 31.6. The summed E-state index contributed by atoms with van der Waals surface area (Å²) in [6.45, 7) is 8.55. The predicted octanol–water partition coefficient (Wildman–Crippen LogP) is 7.12. The van der Waals surface area contributed by atoms with Crippen molar-refractivity contribution in [2.45, 2.75) is 149 Å². The van der Waals surface area contributed by atoms with Crippen LogP contribution < -0.4 is 10.6 Å². The average Bonchev–Trinajstić information content (AvgIpc) is 2.82. The van der Waals surface area contributed by atoms with E-state index < -0.39 is 6.04 Å². The summed E-state index contributed by atoms with van der Waals surface area (Å²) >= 11 is 0. The molecule has 35 heavy (non-hydrogen) atoms. The van der Waals surface area contributed by atoms with Gasteiger partial charge in [0.05, 0.1) is 12.6 Å². The molecule has 2 unspecified atom stereocenters. The van der Waals surface area contributed by atoms with Crippen molar-refractivity contribution in [1.29, 1.82) is 0 Å². The van der Waals surface area contributed by atoms with E-state index in [1.165, 1.54) is 77.0 Å². The van der Waals surface area contributed by atoms with Gasteiger partial charge in [-0.1, -0.05) is 111 Å². The number of nitrogens with one attached hydrogen (secondary N) is 2. The van der Waals surface area contributed by atoms with Gasteiger partial charge in [0.25, 0.3) is 0 Å². The average molecular weight is 493 g/mol. The summed E-state index contributed by atoms with van der Waals surface area (Å²) in [5, 5.41) is 5.62. The zero-order valence-corrected chi connectivity index (χ0v) is 23.5. The third-order valence-corrected chi connectivity index (χ3v) is 7.65. The van der Waals surface area contributed by atoms with Gasteiger partial charge in [0.1, 0.15) is 0 Å². The van der Waals surface area contributed by atoms with Gasteiger partial charge >= 0.3 is 0 Å². The highest BCUT2D eigenvalue weighted by molar-refractivity contribution is 5.91. The highest BCUT2D eigenvalue weighted by atomic mass is 16.2. The van der Waals surface area contributed by atoms with E-state index in [2.05, 4.69) is 38.3 Å². The SMILES string of the molecule is CCCCCCCCCCCCCCCC(=O)NCC(=O)N[C@@H](CC(C)C)C(=O)CC1CCC1C. The van der Waals surface area contributed by atoms with E-state index in [0.717, 1.165) is 19.3 Å². The molecule has 1 rings (SSSR count).